The molecule has 1 saturated heterocycles. The van der Waals surface area contributed by atoms with Crippen molar-refractivity contribution in [1.82, 2.24) is 29.2 Å². The molecule has 1 atom stereocenters. The molecule has 4 heterocycles. The first kappa shape index (κ1) is 30.9. The minimum atomic E-state index is -3.83. The summed E-state index contributed by atoms with van der Waals surface area (Å²) >= 11 is 6.04. The van der Waals surface area contributed by atoms with Crippen LogP contribution >= 0.6 is 11.6 Å². The number of hydrogen-bond donors (Lipinski definition) is 2. The number of rotatable bonds is 8. The number of carbonyl (C=O) groups excluding carboxylic acids is 1. The number of sulfonamides is 1. The minimum absolute atomic E-state index is 0.0354. The molecule has 1 aliphatic heterocycles. The van der Waals surface area contributed by atoms with Crippen LogP contribution in [0.4, 0.5) is 11.6 Å². The maximum absolute atomic E-state index is 13.7. The molecule has 0 bridgehead atoms. The van der Waals surface area contributed by atoms with Crippen molar-refractivity contribution < 1.29 is 13.2 Å². The van der Waals surface area contributed by atoms with Gasteiger partial charge in [0.15, 0.2) is 5.69 Å². The third-order valence-corrected chi connectivity index (χ3v) is 9.17. The van der Waals surface area contributed by atoms with E-state index in [4.69, 9.17) is 16.6 Å². The summed E-state index contributed by atoms with van der Waals surface area (Å²) in [7, 11) is -2.09. The van der Waals surface area contributed by atoms with Crippen molar-refractivity contribution in [2.75, 3.05) is 29.6 Å². The first-order chi connectivity index (χ1) is 21.4. The molecule has 4 aromatic rings. The predicted molar refractivity (Wildman–Crippen MR) is 174 cm³/mol. The maximum atomic E-state index is 13.7. The van der Waals surface area contributed by atoms with Gasteiger partial charge in [-0.2, -0.15) is 0 Å². The quantitative estimate of drug-likeness (QED) is 0.265. The topological polar surface area (TPSA) is 152 Å². The fraction of sp³-hybridized carbons (Fsp3) is 0.419. The normalized spacial score (nSPS) is 16.5. The van der Waals surface area contributed by atoms with E-state index in [9.17, 15) is 18.0 Å². The first-order valence-corrected chi connectivity index (χ1v) is 17.2. The maximum Gasteiger partial charge on any atom is 0.285 e. The highest BCUT2D eigenvalue weighted by Gasteiger charge is 2.28. The highest BCUT2D eigenvalue weighted by molar-refractivity contribution is 7.89. The Morgan fingerprint density at radius 1 is 1.04 bits per heavy atom. The fourth-order valence-electron chi connectivity index (χ4n) is 5.93. The molecule has 1 aliphatic carbocycles. The van der Waals surface area contributed by atoms with Gasteiger partial charge in [0.1, 0.15) is 11.0 Å². The van der Waals surface area contributed by atoms with Crippen LogP contribution in [0.2, 0.25) is 5.15 Å². The van der Waals surface area contributed by atoms with E-state index in [0.717, 1.165) is 36.0 Å². The van der Waals surface area contributed by atoms with Gasteiger partial charge in [0.2, 0.25) is 16.0 Å². The summed E-state index contributed by atoms with van der Waals surface area (Å²) in [6, 6.07) is 6.39. The van der Waals surface area contributed by atoms with Crippen molar-refractivity contribution >= 4 is 50.1 Å². The molecule has 2 N–H and O–H groups in total. The summed E-state index contributed by atoms with van der Waals surface area (Å²) < 4.78 is 27.0. The summed E-state index contributed by atoms with van der Waals surface area (Å²) in [6.45, 7) is 5.19. The number of carbonyl (C=O) groups is 1. The van der Waals surface area contributed by atoms with Gasteiger partial charge in [-0.05, 0) is 74.8 Å². The number of fused-ring (bicyclic) bond motifs is 1. The van der Waals surface area contributed by atoms with Crippen LogP contribution in [0.3, 0.4) is 0 Å². The second kappa shape index (κ2) is 12.0. The van der Waals surface area contributed by atoms with E-state index in [0.29, 0.717) is 35.9 Å². The number of benzene rings is 1. The zero-order valence-electron chi connectivity index (χ0n) is 25.5. The molecule has 45 heavy (non-hydrogen) atoms. The molecule has 6 rings (SSSR count). The van der Waals surface area contributed by atoms with Crippen LogP contribution in [0.5, 0.6) is 0 Å². The molecule has 2 fully saturated rings. The summed E-state index contributed by atoms with van der Waals surface area (Å²) in [4.78, 5) is 47.0. The highest BCUT2D eigenvalue weighted by atomic mass is 35.5. The molecule has 0 unspecified atom stereocenters. The molecule has 12 nitrogen and oxygen atoms in total. The number of pyridine rings is 1. The zero-order chi connectivity index (χ0) is 32.0. The Balaban J connectivity index is 1.28. The lowest BCUT2D eigenvalue weighted by Gasteiger charge is -2.33. The van der Waals surface area contributed by atoms with E-state index in [2.05, 4.69) is 25.2 Å². The second-order valence-corrected chi connectivity index (χ2v) is 14.2. The van der Waals surface area contributed by atoms with Gasteiger partial charge in [-0.3, -0.25) is 14.2 Å². The van der Waals surface area contributed by atoms with E-state index in [1.807, 2.05) is 43.1 Å². The molecule has 1 amide bonds. The van der Waals surface area contributed by atoms with Crippen molar-refractivity contribution in [3.8, 4) is 0 Å². The SMILES string of the molecule is Cc1cc([C@@H](C)Nc2ccc(Cl)nc2C(=O)NS(C)(=O)=O)c2nc(N3CCC(c4ncc(C5CC5)cn4)CC3)n(C)c(=O)c2c1. The van der Waals surface area contributed by atoms with E-state index in [1.54, 1.807) is 17.7 Å². The van der Waals surface area contributed by atoms with Gasteiger partial charge in [-0.15, -0.1) is 0 Å². The number of anilines is 2. The Kier molecular flexibility index (Phi) is 8.25. The van der Waals surface area contributed by atoms with Gasteiger partial charge in [0.25, 0.3) is 11.5 Å². The molecule has 0 spiro atoms. The molecule has 1 aromatic carbocycles. The van der Waals surface area contributed by atoms with Crippen LogP contribution in [0.15, 0.2) is 41.5 Å². The molecule has 0 radical (unpaired) electrons. The number of piperidine rings is 1. The van der Waals surface area contributed by atoms with Crippen LogP contribution < -0.4 is 20.5 Å². The van der Waals surface area contributed by atoms with Crippen LogP contribution in [-0.2, 0) is 17.1 Å². The first-order valence-electron chi connectivity index (χ1n) is 14.9. The van der Waals surface area contributed by atoms with E-state index >= 15 is 0 Å². The number of amides is 1. The zero-order valence-corrected chi connectivity index (χ0v) is 27.1. The van der Waals surface area contributed by atoms with Gasteiger partial charge in [0, 0.05) is 44.0 Å². The lowest BCUT2D eigenvalue weighted by atomic mass is 9.96. The average molecular weight is 651 g/mol. The van der Waals surface area contributed by atoms with Crippen LogP contribution in [0, 0.1) is 6.92 Å². The number of aromatic nitrogens is 5. The van der Waals surface area contributed by atoms with Crippen molar-refractivity contribution in [2.45, 2.75) is 57.4 Å². The molecular formula is C31H35ClN8O4S. The Morgan fingerprint density at radius 3 is 2.38 bits per heavy atom. The van der Waals surface area contributed by atoms with Gasteiger partial charge < -0.3 is 10.2 Å². The summed E-state index contributed by atoms with van der Waals surface area (Å²) in [5.74, 6) is 1.41. The summed E-state index contributed by atoms with van der Waals surface area (Å²) in [6.07, 6.45) is 8.96. The minimum Gasteiger partial charge on any atom is -0.377 e. The predicted octanol–water partition coefficient (Wildman–Crippen LogP) is 4.20. The largest absolute Gasteiger partial charge is 0.377 e. The lowest BCUT2D eigenvalue weighted by molar-refractivity contribution is 0.0977. The summed E-state index contributed by atoms with van der Waals surface area (Å²) in [5, 5.41) is 3.77. The molecule has 1 saturated carbocycles. The lowest BCUT2D eigenvalue weighted by Crippen LogP contribution is -2.38. The number of nitrogens with one attached hydrogen (secondary N) is 2. The standard InChI is InChI=1S/C31H35ClN8O4S/c1-17-13-22(18(2)35-24-7-8-25(32)36-27(24)29(41)38-45(4,43)44)26-23(14-17)30(42)39(3)31(37-26)40-11-9-20(10-12-40)28-33-15-21(16-34-28)19-5-6-19/h7-8,13-16,18-20,35H,5-6,9-12H2,1-4H3,(H,38,41)/t18-/m1/s1. The molecule has 236 valence electrons. The fourth-order valence-corrected chi connectivity index (χ4v) is 6.51. The second-order valence-electron chi connectivity index (χ2n) is 12.0. The third-order valence-electron chi connectivity index (χ3n) is 8.41. The molecule has 3 aromatic heterocycles. The van der Waals surface area contributed by atoms with Crippen molar-refractivity contribution in [1.29, 1.82) is 0 Å². The average Bonchev–Trinajstić information content (AvgIpc) is 3.85. The van der Waals surface area contributed by atoms with E-state index in [1.165, 1.54) is 24.5 Å². The van der Waals surface area contributed by atoms with Crippen molar-refractivity contribution in [2.24, 2.45) is 7.05 Å². The van der Waals surface area contributed by atoms with Crippen LogP contribution in [0.1, 0.15) is 83.5 Å². The number of halogens is 1. The molecule has 14 heteroatoms. The Hall–Kier alpha value is -4.10. The van der Waals surface area contributed by atoms with Crippen molar-refractivity contribution in [3.63, 3.8) is 0 Å². The van der Waals surface area contributed by atoms with Crippen molar-refractivity contribution in [3.05, 3.63) is 80.4 Å². The summed E-state index contributed by atoms with van der Waals surface area (Å²) in [5.41, 5.74) is 3.33. The van der Waals surface area contributed by atoms with Gasteiger partial charge in [-0.25, -0.2) is 33.1 Å². The number of nitrogens with zero attached hydrogens (tertiary/aromatic N) is 6. The van der Waals surface area contributed by atoms with Gasteiger partial charge in [0.05, 0.1) is 28.9 Å². The number of hydrogen-bond acceptors (Lipinski definition) is 10. The van der Waals surface area contributed by atoms with Crippen LogP contribution in [-0.4, -0.2) is 58.2 Å². The number of aryl methyl sites for hydroxylation is 1. The molecule has 2 aliphatic rings. The monoisotopic (exact) mass is 650 g/mol. The van der Waals surface area contributed by atoms with Gasteiger partial charge in [-0.1, -0.05) is 17.7 Å². The van der Waals surface area contributed by atoms with Crippen LogP contribution in [0.25, 0.3) is 10.9 Å². The van der Waals surface area contributed by atoms with E-state index < -0.39 is 22.0 Å². The third kappa shape index (κ3) is 6.64. The highest BCUT2D eigenvalue weighted by Crippen LogP contribution is 2.39. The Morgan fingerprint density at radius 2 is 1.73 bits per heavy atom. The molecular weight excluding hydrogens is 616 g/mol. The van der Waals surface area contributed by atoms with Gasteiger partial charge >= 0.3 is 0 Å². The smallest absolute Gasteiger partial charge is 0.285 e. The Labute approximate surface area is 266 Å². The van der Waals surface area contributed by atoms with E-state index in [-0.39, 0.29) is 28.0 Å². The Bertz CT molecular complexity index is 1950.